The summed E-state index contributed by atoms with van der Waals surface area (Å²) in [6.45, 7) is 3.61. The van der Waals surface area contributed by atoms with Crippen LogP contribution in [0.2, 0.25) is 0 Å². The number of ether oxygens (including phenoxy) is 1. The summed E-state index contributed by atoms with van der Waals surface area (Å²) in [7, 11) is 0. The van der Waals surface area contributed by atoms with E-state index in [-0.39, 0.29) is 30.4 Å². The first kappa shape index (κ1) is 21.0. The molecule has 1 saturated carbocycles. The molecule has 1 fully saturated rings. The van der Waals surface area contributed by atoms with Gasteiger partial charge >= 0.3 is 5.97 Å². The molecule has 1 atom stereocenters. The molecule has 1 aliphatic rings. The highest BCUT2D eigenvalue weighted by atomic mass is 32.1. The minimum Gasteiger partial charge on any atom is -0.452 e. The molecular formula is C22H26N2O4S. The topological polar surface area (TPSA) is 84.5 Å². The van der Waals surface area contributed by atoms with E-state index in [1.807, 2.05) is 49.6 Å². The monoisotopic (exact) mass is 414 g/mol. The lowest BCUT2D eigenvalue weighted by molar-refractivity contribution is -0.124. The van der Waals surface area contributed by atoms with Crippen molar-refractivity contribution in [3.05, 3.63) is 41.3 Å². The van der Waals surface area contributed by atoms with Crippen molar-refractivity contribution in [2.75, 3.05) is 11.9 Å². The fourth-order valence-corrected chi connectivity index (χ4v) is 4.03. The van der Waals surface area contributed by atoms with Crippen LogP contribution in [0.25, 0.3) is 11.1 Å². The van der Waals surface area contributed by atoms with Gasteiger partial charge in [-0.15, -0.1) is 11.3 Å². The van der Waals surface area contributed by atoms with E-state index in [2.05, 4.69) is 10.6 Å². The Morgan fingerprint density at radius 3 is 2.59 bits per heavy atom. The molecule has 2 aromatic rings. The number of nitrogens with one attached hydrogen (secondary N) is 2. The van der Waals surface area contributed by atoms with Crippen LogP contribution < -0.4 is 10.6 Å². The van der Waals surface area contributed by atoms with Crippen molar-refractivity contribution in [1.82, 2.24) is 5.32 Å². The van der Waals surface area contributed by atoms with E-state index in [9.17, 15) is 14.4 Å². The molecule has 154 valence electrons. The quantitative estimate of drug-likeness (QED) is 0.602. The van der Waals surface area contributed by atoms with Crippen LogP contribution >= 0.6 is 11.3 Å². The second-order valence-corrected chi connectivity index (χ2v) is 8.20. The van der Waals surface area contributed by atoms with Gasteiger partial charge in [-0.2, -0.15) is 0 Å². The number of thiophene rings is 1. The standard InChI is InChI=1S/C22H26N2O4S/c1-3-7-14(2)23-18(25)12-28-22(27)19-17(15-8-5-4-6-9-15)13-29-21(19)24-20(26)16-10-11-16/h4-6,8-9,13-14,16H,3,7,10-12H2,1-2H3,(H,23,25)(H,24,26). The highest BCUT2D eigenvalue weighted by Gasteiger charge is 2.32. The van der Waals surface area contributed by atoms with Crippen LogP contribution in [-0.2, 0) is 14.3 Å². The van der Waals surface area contributed by atoms with Crippen LogP contribution in [0.5, 0.6) is 0 Å². The lowest BCUT2D eigenvalue weighted by Gasteiger charge is -2.13. The summed E-state index contributed by atoms with van der Waals surface area (Å²) in [5, 5.41) is 7.97. The Labute approximate surface area is 174 Å². The Morgan fingerprint density at radius 1 is 1.21 bits per heavy atom. The molecule has 29 heavy (non-hydrogen) atoms. The summed E-state index contributed by atoms with van der Waals surface area (Å²) in [6, 6.07) is 9.47. The van der Waals surface area contributed by atoms with Gasteiger partial charge < -0.3 is 15.4 Å². The van der Waals surface area contributed by atoms with E-state index in [0.717, 1.165) is 31.2 Å². The van der Waals surface area contributed by atoms with Gasteiger partial charge in [0.1, 0.15) is 10.6 Å². The molecule has 0 aliphatic heterocycles. The number of anilines is 1. The van der Waals surface area contributed by atoms with Gasteiger partial charge in [0.15, 0.2) is 6.61 Å². The van der Waals surface area contributed by atoms with Gasteiger partial charge in [0.2, 0.25) is 5.91 Å². The lowest BCUT2D eigenvalue weighted by Crippen LogP contribution is -2.35. The van der Waals surface area contributed by atoms with E-state index >= 15 is 0 Å². The first-order valence-corrected chi connectivity index (χ1v) is 10.8. The number of rotatable bonds is 9. The van der Waals surface area contributed by atoms with E-state index < -0.39 is 5.97 Å². The van der Waals surface area contributed by atoms with Gasteiger partial charge in [-0.05, 0) is 31.7 Å². The Hall–Kier alpha value is -2.67. The van der Waals surface area contributed by atoms with Crippen LogP contribution in [0.4, 0.5) is 5.00 Å². The van der Waals surface area contributed by atoms with E-state index in [0.29, 0.717) is 16.1 Å². The summed E-state index contributed by atoms with van der Waals surface area (Å²) >= 11 is 1.29. The molecule has 1 aliphatic carbocycles. The van der Waals surface area contributed by atoms with Crippen molar-refractivity contribution >= 4 is 34.1 Å². The Morgan fingerprint density at radius 2 is 1.93 bits per heavy atom. The second-order valence-electron chi connectivity index (χ2n) is 7.32. The zero-order valence-corrected chi connectivity index (χ0v) is 17.5. The molecule has 6 nitrogen and oxygen atoms in total. The Balaban J connectivity index is 1.75. The molecule has 0 spiro atoms. The number of carbonyl (C=O) groups excluding carboxylic acids is 3. The fraction of sp³-hybridized carbons (Fsp3) is 0.409. The molecule has 0 radical (unpaired) electrons. The maximum absolute atomic E-state index is 12.9. The molecule has 1 unspecified atom stereocenters. The predicted molar refractivity (Wildman–Crippen MR) is 114 cm³/mol. The molecule has 3 rings (SSSR count). The maximum atomic E-state index is 12.9. The van der Waals surface area contributed by atoms with Gasteiger partial charge in [-0.25, -0.2) is 4.79 Å². The van der Waals surface area contributed by atoms with E-state index in [1.165, 1.54) is 11.3 Å². The molecule has 0 bridgehead atoms. The van der Waals surface area contributed by atoms with Crippen molar-refractivity contribution in [1.29, 1.82) is 0 Å². The zero-order valence-electron chi connectivity index (χ0n) is 16.7. The number of amides is 2. The summed E-state index contributed by atoms with van der Waals surface area (Å²) in [4.78, 5) is 37.1. The highest BCUT2D eigenvalue weighted by molar-refractivity contribution is 7.15. The fourth-order valence-electron chi connectivity index (χ4n) is 3.07. The predicted octanol–water partition coefficient (Wildman–Crippen LogP) is 4.23. The van der Waals surface area contributed by atoms with E-state index in [4.69, 9.17) is 4.74 Å². The highest BCUT2D eigenvalue weighted by Crippen LogP contribution is 2.38. The Kier molecular flexibility index (Phi) is 7.04. The average molecular weight is 415 g/mol. The summed E-state index contributed by atoms with van der Waals surface area (Å²) < 4.78 is 5.29. The number of hydrogen-bond acceptors (Lipinski definition) is 5. The Bertz CT molecular complexity index is 874. The van der Waals surface area contributed by atoms with Crippen molar-refractivity contribution in [3.63, 3.8) is 0 Å². The molecule has 1 heterocycles. The molecule has 2 amide bonds. The summed E-state index contributed by atoms with van der Waals surface area (Å²) in [6.07, 6.45) is 3.57. The third-order valence-electron chi connectivity index (χ3n) is 4.73. The molecule has 7 heteroatoms. The number of hydrogen-bond donors (Lipinski definition) is 2. The van der Waals surface area contributed by atoms with Crippen molar-refractivity contribution < 1.29 is 19.1 Å². The van der Waals surface area contributed by atoms with Crippen molar-refractivity contribution in [2.24, 2.45) is 5.92 Å². The zero-order chi connectivity index (χ0) is 20.8. The van der Waals surface area contributed by atoms with E-state index in [1.54, 1.807) is 0 Å². The molecular weight excluding hydrogens is 388 g/mol. The van der Waals surface area contributed by atoms with Gasteiger partial charge in [0.05, 0.1) is 0 Å². The van der Waals surface area contributed by atoms with Crippen molar-refractivity contribution in [2.45, 2.75) is 45.6 Å². The second kappa shape index (κ2) is 9.69. The third-order valence-corrected chi connectivity index (χ3v) is 5.62. The maximum Gasteiger partial charge on any atom is 0.342 e. The molecule has 1 aromatic carbocycles. The summed E-state index contributed by atoms with van der Waals surface area (Å²) in [5.74, 6) is -1.01. The van der Waals surface area contributed by atoms with Gasteiger partial charge in [0, 0.05) is 22.9 Å². The average Bonchev–Trinajstić information content (AvgIpc) is 3.48. The number of carbonyl (C=O) groups is 3. The minimum atomic E-state index is -0.616. The first-order valence-electron chi connectivity index (χ1n) is 9.93. The normalized spacial score (nSPS) is 14.1. The largest absolute Gasteiger partial charge is 0.452 e. The summed E-state index contributed by atoms with van der Waals surface area (Å²) in [5.41, 5.74) is 1.83. The molecule has 0 saturated heterocycles. The lowest BCUT2D eigenvalue weighted by atomic mass is 10.0. The van der Waals surface area contributed by atoms with Crippen molar-refractivity contribution in [3.8, 4) is 11.1 Å². The van der Waals surface area contributed by atoms with Gasteiger partial charge in [0.25, 0.3) is 5.91 Å². The third kappa shape index (κ3) is 5.67. The molecule has 1 aromatic heterocycles. The van der Waals surface area contributed by atoms with Crippen LogP contribution in [-0.4, -0.2) is 30.4 Å². The molecule has 2 N–H and O–H groups in total. The van der Waals surface area contributed by atoms with Crippen LogP contribution in [0.1, 0.15) is 49.9 Å². The SMILES string of the molecule is CCCC(C)NC(=O)COC(=O)c1c(-c2ccccc2)csc1NC(=O)C1CC1. The van der Waals surface area contributed by atoms with Crippen LogP contribution in [0.3, 0.4) is 0 Å². The van der Waals surface area contributed by atoms with Gasteiger partial charge in [-0.1, -0.05) is 43.7 Å². The van der Waals surface area contributed by atoms with Gasteiger partial charge in [-0.3, -0.25) is 9.59 Å². The number of benzene rings is 1. The first-order chi connectivity index (χ1) is 14.0. The minimum absolute atomic E-state index is 0.0203. The number of esters is 1. The smallest absolute Gasteiger partial charge is 0.342 e. The van der Waals surface area contributed by atoms with Crippen LogP contribution in [0.15, 0.2) is 35.7 Å². The van der Waals surface area contributed by atoms with Crippen LogP contribution in [0, 0.1) is 5.92 Å².